The number of hydrogen-bond donors (Lipinski definition) is 2. The van der Waals surface area contributed by atoms with Crippen LogP contribution in [-0.2, 0) is 4.79 Å². The first-order valence-corrected chi connectivity index (χ1v) is 9.41. The van der Waals surface area contributed by atoms with Gasteiger partial charge < -0.3 is 20.5 Å². The number of likely N-dealkylation sites (tertiary alicyclic amines) is 1. The highest BCUT2D eigenvalue weighted by atomic mass is 16.5. The van der Waals surface area contributed by atoms with Gasteiger partial charge in [-0.1, -0.05) is 11.8 Å². The van der Waals surface area contributed by atoms with Crippen LogP contribution in [0.3, 0.4) is 0 Å². The molecule has 1 aromatic carbocycles. The Morgan fingerprint density at radius 2 is 2.03 bits per heavy atom. The number of methoxy groups -OCH3 is 1. The maximum absolute atomic E-state index is 12.1. The highest BCUT2D eigenvalue weighted by Crippen LogP contribution is 2.31. The summed E-state index contributed by atoms with van der Waals surface area (Å²) in [4.78, 5) is 26.8. The van der Waals surface area contributed by atoms with Crippen molar-refractivity contribution >= 4 is 22.8 Å². The number of anilines is 1. The minimum atomic E-state index is -1.65. The van der Waals surface area contributed by atoms with Crippen LogP contribution in [0.25, 0.3) is 22.3 Å². The van der Waals surface area contributed by atoms with E-state index in [-0.39, 0.29) is 12.3 Å². The Bertz CT molecular complexity index is 1230. The van der Waals surface area contributed by atoms with Crippen LogP contribution in [0.15, 0.2) is 30.3 Å². The molecular weight excluding hydrogens is 382 g/mol. The van der Waals surface area contributed by atoms with Gasteiger partial charge in [-0.15, -0.1) is 0 Å². The summed E-state index contributed by atoms with van der Waals surface area (Å²) < 4.78 is 5.48. The Kier molecular flexibility index (Phi) is 4.76. The average molecular weight is 403 g/mol. The number of amides is 1. The molecule has 0 spiro atoms. The van der Waals surface area contributed by atoms with Gasteiger partial charge in [0.2, 0.25) is 5.60 Å². The van der Waals surface area contributed by atoms with E-state index >= 15 is 0 Å². The van der Waals surface area contributed by atoms with Crippen LogP contribution in [0.2, 0.25) is 0 Å². The fourth-order valence-electron chi connectivity index (χ4n) is 3.44. The standard InChI is InChI=1S/C22H21N5O3/c1-13-24-17-6-5-16(26-19(17)20(23)25-13)15-12-14(4-7-18(15)30-3)8-9-22(29)10-11-27(2)21(22)28/h4-7,12,29H,10-11H2,1-3H3,(H2,23,24,25). The fourth-order valence-corrected chi connectivity index (χ4v) is 3.44. The van der Waals surface area contributed by atoms with E-state index in [1.807, 2.05) is 12.1 Å². The number of aryl methyl sites for hydroxylation is 1. The van der Waals surface area contributed by atoms with Crippen molar-refractivity contribution in [2.45, 2.75) is 18.9 Å². The molecule has 1 atom stereocenters. The molecule has 1 aliphatic rings. The van der Waals surface area contributed by atoms with Crippen LogP contribution in [0.4, 0.5) is 5.82 Å². The van der Waals surface area contributed by atoms with Gasteiger partial charge in [-0.25, -0.2) is 15.0 Å². The highest BCUT2D eigenvalue weighted by Gasteiger charge is 2.42. The van der Waals surface area contributed by atoms with E-state index in [9.17, 15) is 9.90 Å². The van der Waals surface area contributed by atoms with Gasteiger partial charge in [0.1, 0.15) is 17.1 Å². The number of nitrogen functional groups attached to an aromatic ring is 1. The summed E-state index contributed by atoms with van der Waals surface area (Å²) in [6.07, 6.45) is 0.281. The Morgan fingerprint density at radius 1 is 1.23 bits per heavy atom. The predicted octanol–water partition coefficient (Wildman–Crippen LogP) is 1.54. The van der Waals surface area contributed by atoms with Crippen molar-refractivity contribution in [3.05, 3.63) is 41.7 Å². The number of benzene rings is 1. The Labute approximate surface area is 173 Å². The Morgan fingerprint density at radius 3 is 2.73 bits per heavy atom. The number of carbonyl (C=O) groups excluding carboxylic acids is 1. The second kappa shape index (κ2) is 7.28. The van der Waals surface area contributed by atoms with Gasteiger partial charge in [-0.2, -0.15) is 0 Å². The van der Waals surface area contributed by atoms with Gasteiger partial charge in [-0.3, -0.25) is 4.79 Å². The fraction of sp³-hybridized carbons (Fsp3) is 0.273. The third-order valence-corrected chi connectivity index (χ3v) is 5.08. The van der Waals surface area contributed by atoms with Crippen LogP contribution >= 0.6 is 0 Å². The SMILES string of the molecule is COc1ccc(C#CC2(O)CCN(C)C2=O)cc1-c1ccc2nc(C)nc(N)c2n1. The number of carbonyl (C=O) groups is 1. The van der Waals surface area contributed by atoms with E-state index in [2.05, 4.69) is 26.8 Å². The number of nitrogens with two attached hydrogens (primary N) is 1. The molecule has 1 amide bonds. The summed E-state index contributed by atoms with van der Waals surface area (Å²) in [7, 11) is 3.22. The molecule has 0 aliphatic carbocycles. The number of aliphatic hydroxyl groups is 1. The van der Waals surface area contributed by atoms with Crippen LogP contribution in [0, 0.1) is 18.8 Å². The van der Waals surface area contributed by atoms with Gasteiger partial charge >= 0.3 is 0 Å². The van der Waals surface area contributed by atoms with Crippen molar-refractivity contribution in [2.75, 3.05) is 26.4 Å². The molecule has 3 aromatic rings. The maximum atomic E-state index is 12.1. The number of ether oxygens (including phenoxy) is 1. The number of nitrogens with zero attached hydrogens (tertiary/aromatic N) is 4. The second-order valence-electron chi connectivity index (χ2n) is 7.22. The normalized spacial score (nSPS) is 18.4. The van der Waals surface area contributed by atoms with Crippen molar-refractivity contribution in [2.24, 2.45) is 0 Å². The summed E-state index contributed by atoms with van der Waals surface area (Å²) in [6, 6.07) is 9.00. The molecule has 1 saturated heterocycles. The zero-order valence-electron chi connectivity index (χ0n) is 16.9. The molecule has 2 aromatic heterocycles. The van der Waals surface area contributed by atoms with Crippen LogP contribution in [-0.4, -0.2) is 57.2 Å². The van der Waals surface area contributed by atoms with Crippen molar-refractivity contribution in [3.63, 3.8) is 0 Å². The molecule has 0 bridgehead atoms. The average Bonchev–Trinajstić information content (AvgIpc) is 2.99. The molecular formula is C22H21N5O3. The minimum Gasteiger partial charge on any atom is -0.496 e. The molecule has 8 nitrogen and oxygen atoms in total. The lowest BCUT2D eigenvalue weighted by atomic mass is 10.0. The molecule has 0 saturated carbocycles. The Hall–Kier alpha value is -3.70. The topological polar surface area (TPSA) is 114 Å². The van der Waals surface area contributed by atoms with Gasteiger partial charge in [0.05, 0.1) is 18.3 Å². The number of fused-ring (bicyclic) bond motifs is 1. The molecule has 4 rings (SSSR count). The number of pyridine rings is 1. The first-order chi connectivity index (χ1) is 14.3. The van der Waals surface area contributed by atoms with Gasteiger partial charge in [0, 0.05) is 31.1 Å². The van der Waals surface area contributed by atoms with Crippen molar-refractivity contribution in [1.29, 1.82) is 0 Å². The van der Waals surface area contributed by atoms with Crippen LogP contribution in [0.1, 0.15) is 17.8 Å². The maximum Gasteiger partial charge on any atom is 0.267 e. The van der Waals surface area contributed by atoms with Crippen LogP contribution in [0.5, 0.6) is 5.75 Å². The molecule has 1 aliphatic heterocycles. The Balaban J connectivity index is 1.77. The first-order valence-electron chi connectivity index (χ1n) is 9.41. The zero-order chi connectivity index (χ0) is 21.5. The van der Waals surface area contributed by atoms with Gasteiger partial charge in [-0.05, 0) is 37.3 Å². The lowest BCUT2D eigenvalue weighted by Crippen LogP contribution is -2.37. The summed E-state index contributed by atoms with van der Waals surface area (Å²) in [5, 5.41) is 10.5. The lowest BCUT2D eigenvalue weighted by molar-refractivity contribution is -0.137. The van der Waals surface area contributed by atoms with Gasteiger partial charge in [0.15, 0.2) is 5.82 Å². The number of likely N-dealkylation sites (N-methyl/N-ethyl adjacent to an activating group) is 1. The zero-order valence-corrected chi connectivity index (χ0v) is 16.9. The quantitative estimate of drug-likeness (QED) is 0.624. The van der Waals surface area contributed by atoms with E-state index in [0.29, 0.717) is 51.8 Å². The smallest absolute Gasteiger partial charge is 0.267 e. The van der Waals surface area contributed by atoms with E-state index < -0.39 is 5.60 Å². The van der Waals surface area contributed by atoms with Crippen molar-refractivity contribution in [3.8, 4) is 28.8 Å². The summed E-state index contributed by atoms with van der Waals surface area (Å²) in [5.74, 6) is 6.75. The summed E-state index contributed by atoms with van der Waals surface area (Å²) in [6.45, 7) is 2.25. The first kappa shape index (κ1) is 19.6. The van der Waals surface area contributed by atoms with E-state index in [1.165, 1.54) is 4.90 Å². The molecule has 152 valence electrons. The van der Waals surface area contributed by atoms with Crippen LogP contribution < -0.4 is 10.5 Å². The molecule has 1 unspecified atom stereocenters. The van der Waals surface area contributed by atoms with Crippen molar-refractivity contribution in [1.82, 2.24) is 19.9 Å². The monoisotopic (exact) mass is 403 g/mol. The van der Waals surface area contributed by atoms with E-state index in [0.717, 1.165) is 0 Å². The predicted molar refractivity (Wildman–Crippen MR) is 113 cm³/mol. The van der Waals surface area contributed by atoms with Gasteiger partial charge in [0.25, 0.3) is 5.91 Å². The number of aromatic nitrogens is 3. The summed E-state index contributed by atoms with van der Waals surface area (Å²) >= 11 is 0. The lowest BCUT2D eigenvalue weighted by Gasteiger charge is -2.13. The largest absolute Gasteiger partial charge is 0.496 e. The third kappa shape index (κ3) is 3.40. The molecule has 3 heterocycles. The minimum absolute atomic E-state index is 0.281. The third-order valence-electron chi connectivity index (χ3n) is 5.08. The summed E-state index contributed by atoms with van der Waals surface area (Å²) in [5.41, 5.74) is 7.49. The molecule has 30 heavy (non-hydrogen) atoms. The number of hydrogen-bond acceptors (Lipinski definition) is 7. The van der Waals surface area contributed by atoms with E-state index in [1.54, 1.807) is 39.3 Å². The highest BCUT2D eigenvalue weighted by molar-refractivity contribution is 5.90. The van der Waals surface area contributed by atoms with Crippen molar-refractivity contribution < 1.29 is 14.6 Å². The van der Waals surface area contributed by atoms with E-state index in [4.69, 9.17) is 10.5 Å². The molecule has 0 radical (unpaired) electrons. The second-order valence-corrected chi connectivity index (χ2v) is 7.22. The molecule has 1 fully saturated rings. The molecule has 3 N–H and O–H groups in total. The molecule has 8 heteroatoms. The number of rotatable bonds is 2.